The van der Waals surface area contributed by atoms with Gasteiger partial charge in [-0.1, -0.05) is 88.4 Å². The lowest BCUT2D eigenvalue weighted by molar-refractivity contribution is -0.351. The summed E-state index contributed by atoms with van der Waals surface area (Å²) in [6.45, 7) is 23.1. The second kappa shape index (κ2) is 29.0. The Kier molecular flexibility index (Phi) is 23.5. The molecule has 7 aliphatic rings. The number of halogens is 1. The van der Waals surface area contributed by atoms with Crippen molar-refractivity contribution in [3.8, 4) is 0 Å². The summed E-state index contributed by atoms with van der Waals surface area (Å²) in [7, 11) is 1.57. The first-order valence-corrected chi connectivity index (χ1v) is 30.7. The molecule has 480 valence electrons. The monoisotopic (exact) mass is 1220 g/mol. The minimum atomic E-state index is -2.40. The third-order valence-electron chi connectivity index (χ3n) is 18.3. The first-order chi connectivity index (χ1) is 39.8. The molecule has 24 unspecified atom stereocenters. The molecule has 7 aliphatic heterocycles. The van der Waals surface area contributed by atoms with E-state index in [1.54, 1.807) is 41.7 Å². The lowest BCUT2D eigenvalue weighted by Gasteiger charge is -2.52. The second-order valence-electron chi connectivity index (χ2n) is 25.9. The van der Waals surface area contributed by atoms with Gasteiger partial charge in [-0.15, -0.1) is 0 Å². The average molecular weight is 1220 g/mol. The highest BCUT2D eigenvalue weighted by atomic mass is 35.5. The number of ketones is 1. The van der Waals surface area contributed by atoms with E-state index in [1.165, 1.54) is 26.0 Å². The number of methoxy groups -OCH3 is 1. The van der Waals surface area contributed by atoms with E-state index in [0.29, 0.717) is 43.3 Å². The molecular weight excluding hydrogens is 1130 g/mol. The molecule has 6 saturated heterocycles. The van der Waals surface area contributed by atoms with Crippen molar-refractivity contribution < 1.29 is 102 Å². The smallest absolute Gasteiger partial charge is 0.308 e. The SMILES string of the molecule is C=C(Cl)/C=C/C(O)CC(=C)CC1OC2C(C)C(OC(=O)CC3CC(OC(C)=O)CC4(CC(C)(O)CC(CC(=C)C(C)C(OC(C)=O)C(C)C(=O)CC5CC(OC)CC6(CC(O)CC(/C=C\CCCC7OC(O)(CC(O)C7C)C2O)O6)O5)O4)O3)C1O. The van der Waals surface area contributed by atoms with Gasteiger partial charge in [0.2, 0.25) is 0 Å². The Labute approximate surface area is 505 Å². The zero-order valence-corrected chi connectivity index (χ0v) is 51.5. The number of ether oxygens (including phenoxy) is 10. The molecule has 2 spiro atoms. The molecule has 24 atom stereocenters. The highest BCUT2D eigenvalue weighted by molar-refractivity contribution is 6.30. The molecule has 21 nitrogen and oxygen atoms in total. The van der Waals surface area contributed by atoms with Gasteiger partial charge in [0.1, 0.15) is 36.3 Å². The molecular formula is C63H95ClO21. The number of aliphatic hydroxyl groups is 7. The summed E-state index contributed by atoms with van der Waals surface area (Å²) >= 11 is 5.89. The Balaban J connectivity index is 1.22. The van der Waals surface area contributed by atoms with Gasteiger partial charge in [-0.3, -0.25) is 19.2 Å². The molecule has 0 aromatic heterocycles. The number of esters is 3. The molecule has 7 rings (SSSR count). The Hall–Kier alpha value is -3.49. The molecule has 7 heterocycles. The fourth-order valence-electron chi connectivity index (χ4n) is 14.1. The number of allylic oxidation sites excluding steroid dienone is 3. The third-order valence-corrected chi connectivity index (χ3v) is 18.4. The number of hydrogen-bond acceptors (Lipinski definition) is 21. The number of rotatable bonds is 9. The normalized spacial score (nSPS) is 44.5. The first-order valence-electron chi connectivity index (χ1n) is 30.3. The fraction of sp³-hybridized carbons (Fsp3) is 0.778. The van der Waals surface area contributed by atoms with Crippen LogP contribution in [0.15, 0.2) is 60.2 Å². The van der Waals surface area contributed by atoms with Gasteiger partial charge >= 0.3 is 17.9 Å². The maximum absolute atomic E-state index is 14.5. The lowest BCUT2D eigenvalue weighted by Crippen LogP contribution is -2.65. The maximum Gasteiger partial charge on any atom is 0.308 e. The lowest BCUT2D eigenvalue weighted by atomic mass is 9.78. The summed E-state index contributed by atoms with van der Waals surface area (Å²) in [5.41, 5.74) is -0.508. The minimum Gasteiger partial charge on any atom is -0.462 e. The van der Waals surface area contributed by atoms with Gasteiger partial charge in [0.05, 0.1) is 85.1 Å². The average Bonchev–Trinajstić information content (AvgIpc) is 1.35. The van der Waals surface area contributed by atoms with Crippen LogP contribution < -0.4 is 0 Å². The Morgan fingerprint density at radius 2 is 1.47 bits per heavy atom. The number of aliphatic hydroxyl groups excluding tert-OH is 5. The van der Waals surface area contributed by atoms with Gasteiger partial charge in [-0.2, -0.15) is 0 Å². The van der Waals surface area contributed by atoms with E-state index in [-0.39, 0.29) is 81.1 Å². The Bertz CT molecular complexity index is 2430. The van der Waals surface area contributed by atoms with E-state index in [0.717, 1.165) is 0 Å². The van der Waals surface area contributed by atoms with Gasteiger partial charge in [-0.25, -0.2) is 0 Å². The first kappa shape index (κ1) is 69.0. The van der Waals surface area contributed by atoms with E-state index < -0.39 is 169 Å². The summed E-state index contributed by atoms with van der Waals surface area (Å²) in [6.07, 6.45) is -8.69. The molecule has 0 amide bonds. The minimum absolute atomic E-state index is 0.00321. The molecule has 85 heavy (non-hydrogen) atoms. The molecule has 0 radical (unpaired) electrons. The Morgan fingerprint density at radius 3 is 2.15 bits per heavy atom. The van der Waals surface area contributed by atoms with Crippen LogP contribution in [0.5, 0.6) is 0 Å². The van der Waals surface area contributed by atoms with E-state index >= 15 is 0 Å². The van der Waals surface area contributed by atoms with Crippen LogP contribution in [0.4, 0.5) is 0 Å². The van der Waals surface area contributed by atoms with E-state index in [9.17, 15) is 54.9 Å². The van der Waals surface area contributed by atoms with Crippen molar-refractivity contribution in [2.45, 2.75) is 278 Å². The van der Waals surface area contributed by atoms with Crippen LogP contribution in [0, 0.1) is 23.7 Å². The molecule has 0 aliphatic carbocycles. The van der Waals surface area contributed by atoms with Gasteiger partial charge in [-0.05, 0) is 51.5 Å². The third kappa shape index (κ3) is 18.1. The van der Waals surface area contributed by atoms with E-state index in [4.69, 9.17) is 59.0 Å². The predicted octanol–water partition coefficient (Wildman–Crippen LogP) is 5.91. The fourth-order valence-corrected chi connectivity index (χ4v) is 14.2. The Morgan fingerprint density at radius 1 is 0.812 bits per heavy atom. The van der Waals surface area contributed by atoms with Crippen LogP contribution in [-0.4, -0.2) is 187 Å². The van der Waals surface area contributed by atoms with Crippen LogP contribution in [0.1, 0.15) is 158 Å². The molecule has 0 aromatic rings. The van der Waals surface area contributed by atoms with Crippen LogP contribution in [0.3, 0.4) is 0 Å². The van der Waals surface area contributed by atoms with Gasteiger partial charge < -0.3 is 83.1 Å². The summed E-state index contributed by atoms with van der Waals surface area (Å²) < 4.78 is 63.4. The predicted molar refractivity (Wildman–Crippen MR) is 308 cm³/mol. The highest BCUT2D eigenvalue weighted by Crippen LogP contribution is 2.48. The van der Waals surface area contributed by atoms with E-state index in [2.05, 4.69) is 19.7 Å². The summed E-state index contributed by atoms with van der Waals surface area (Å²) in [6, 6.07) is 0. The maximum atomic E-state index is 14.5. The zero-order valence-electron chi connectivity index (χ0n) is 50.7. The molecule has 0 aromatic carbocycles. The zero-order chi connectivity index (χ0) is 62.5. The topological polar surface area (TPSA) is 302 Å². The van der Waals surface area contributed by atoms with Crippen molar-refractivity contribution >= 4 is 35.3 Å². The van der Waals surface area contributed by atoms with Crippen LogP contribution in [0.25, 0.3) is 0 Å². The molecule has 0 saturated carbocycles. The quantitative estimate of drug-likeness (QED) is 0.0611. The van der Waals surface area contributed by atoms with Gasteiger partial charge in [0.25, 0.3) is 0 Å². The molecule has 7 N–H and O–H groups in total. The number of carbonyl (C=O) groups is 4. The molecule has 6 fully saturated rings. The summed E-state index contributed by atoms with van der Waals surface area (Å²) in [5, 5.41) is 82.6. The largest absolute Gasteiger partial charge is 0.462 e. The number of hydrogen-bond donors (Lipinski definition) is 7. The van der Waals surface area contributed by atoms with Crippen molar-refractivity contribution in [3.05, 3.63) is 60.2 Å². The van der Waals surface area contributed by atoms with Crippen LogP contribution >= 0.6 is 11.6 Å². The van der Waals surface area contributed by atoms with Crippen LogP contribution in [0.2, 0.25) is 0 Å². The van der Waals surface area contributed by atoms with Gasteiger partial charge in [0.15, 0.2) is 17.4 Å². The van der Waals surface area contributed by atoms with Crippen molar-refractivity contribution in [2.75, 3.05) is 7.11 Å². The van der Waals surface area contributed by atoms with E-state index in [1.807, 2.05) is 12.2 Å². The van der Waals surface area contributed by atoms with Crippen molar-refractivity contribution in [3.63, 3.8) is 0 Å². The molecule has 22 heteroatoms. The van der Waals surface area contributed by atoms with Crippen molar-refractivity contribution in [1.82, 2.24) is 0 Å². The van der Waals surface area contributed by atoms with Gasteiger partial charge in [0, 0.05) is 108 Å². The number of carbonyl (C=O) groups excluding carboxylic acids is 4. The summed E-state index contributed by atoms with van der Waals surface area (Å²) in [4.78, 5) is 54.3. The highest BCUT2D eigenvalue weighted by Gasteiger charge is 2.58. The standard InChI is InChI=1S/C63H95ClO21/c1-33(19-42(67)18-17-35(3)64)20-53-55(72)57-39(7)58(79-53)59(73)63(75)31-51(70)37(5)52(85-63)16-14-12-13-15-44-22-43(68)27-61(81-44)29-47(76-11)23-45(82-61)25-50(69)38(6)56(78-41(9)66)36(4)34(2)21-49-28-60(10,74)32-62(84-49)30-48(77-40(8)65)24-46(83-62)26-54(71)80-57/h13,15,17-18,36-39,42-49,51-53,55-59,67-68,70,72-75H,1-3,12,14,16,19-32H2,4-11H3/b15-13-,18-17+. The van der Waals surface area contributed by atoms with Crippen LogP contribution in [-0.2, 0) is 66.5 Å². The number of fused-ring (bicyclic) bond motifs is 8. The second-order valence-corrected chi connectivity index (χ2v) is 26.4. The molecule has 10 bridgehead atoms. The summed E-state index contributed by atoms with van der Waals surface area (Å²) in [5.74, 6) is -10.7. The number of Topliss-reactive ketones (excluding diaryl/α,β-unsaturated/α-hetero) is 1. The van der Waals surface area contributed by atoms with Crippen molar-refractivity contribution in [2.24, 2.45) is 23.7 Å². The van der Waals surface area contributed by atoms with Crippen molar-refractivity contribution in [1.29, 1.82) is 0 Å².